The van der Waals surface area contributed by atoms with E-state index in [4.69, 9.17) is 46.4 Å². The van der Waals surface area contributed by atoms with Crippen molar-refractivity contribution < 1.29 is 65.6 Å². The number of aromatic nitrogens is 9. The van der Waals surface area contributed by atoms with Crippen LogP contribution in [0.3, 0.4) is 0 Å². The van der Waals surface area contributed by atoms with E-state index < -0.39 is 29.3 Å². The molecule has 0 aliphatic rings. The van der Waals surface area contributed by atoms with Gasteiger partial charge in [0.15, 0.2) is 11.5 Å². The van der Waals surface area contributed by atoms with Crippen molar-refractivity contribution in [3.63, 3.8) is 0 Å². The van der Waals surface area contributed by atoms with Gasteiger partial charge in [0.25, 0.3) is 29.5 Å². The van der Waals surface area contributed by atoms with Gasteiger partial charge in [-0.3, -0.25) is 38.9 Å². The number of nitrogens with zero attached hydrogens (tertiary/aromatic N) is 10. The van der Waals surface area contributed by atoms with Crippen molar-refractivity contribution in [2.45, 2.75) is 20.8 Å². The van der Waals surface area contributed by atoms with Crippen molar-refractivity contribution in [1.82, 2.24) is 44.9 Å². The molecule has 5 amide bonds. The summed E-state index contributed by atoms with van der Waals surface area (Å²) in [5.74, 6) is 3.35. The van der Waals surface area contributed by atoms with Crippen LogP contribution in [0, 0.1) is 61.9 Å². The highest BCUT2D eigenvalue weighted by molar-refractivity contribution is 6.31. The SMILES string of the molecule is C#Cc1cccc(C(=O)Nc2cc(F)cc(Oc3cccnc3)c2)c1.COc1cccc(C(=O)Nc2cc(F)cc(Oc3cncnc3)c2)n1.Cc1cccc(C(=O)Nc2cc(C#N)cc(Oc3cncnc3)c2)c1.Cc1cccc(C(=O)Nc2cc(Cl)cc(Oc3cccnc3)c2)n1.Cc1cccc(C(=O)Nc2cc(F)cc(Oc3cccnc3)c2)c1. The Kier molecular flexibility index (Phi) is 30.9. The number of carbonyl (C=O) groups excluding carboxylic acids is 5. The number of nitrogens with one attached hydrogen (secondary N) is 5. The molecule has 8 aromatic carbocycles. The summed E-state index contributed by atoms with van der Waals surface area (Å²) < 4.78 is 74.3. The molecule has 26 nitrogen and oxygen atoms in total. The van der Waals surface area contributed by atoms with Crippen molar-refractivity contribution in [1.29, 1.82) is 5.26 Å². The predicted molar refractivity (Wildman–Crippen MR) is 455 cm³/mol. The molecule has 0 fully saturated rings. The molecule has 0 bridgehead atoms. The van der Waals surface area contributed by atoms with Gasteiger partial charge in [0.2, 0.25) is 5.88 Å². The van der Waals surface area contributed by atoms with E-state index in [9.17, 15) is 42.4 Å². The van der Waals surface area contributed by atoms with Gasteiger partial charge in [-0.1, -0.05) is 71.1 Å². The highest BCUT2D eigenvalue weighted by Gasteiger charge is 2.17. The number of aryl methyl sites for hydroxylation is 3. The third kappa shape index (κ3) is 28.1. The highest BCUT2D eigenvalue weighted by Crippen LogP contribution is 2.33. The van der Waals surface area contributed by atoms with E-state index >= 15 is 0 Å². The number of hydrogen-bond acceptors (Lipinski definition) is 21. The van der Waals surface area contributed by atoms with E-state index in [-0.39, 0.29) is 52.0 Å². The number of anilines is 5. The smallest absolute Gasteiger partial charge is 0.274 e. The molecule has 0 aliphatic heterocycles. The summed E-state index contributed by atoms with van der Waals surface area (Å²) >= 11 is 6.11. The maximum absolute atomic E-state index is 13.8. The van der Waals surface area contributed by atoms with Gasteiger partial charge in [0.1, 0.15) is 87.5 Å². The Morgan fingerprint density at radius 2 is 0.724 bits per heavy atom. The minimum absolute atomic E-state index is 0.141. The zero-order chi connectivity index (χ0) is 86.8. The normalized spacial score (nSPS) is 10.1. The molecule has 0 saturated heterocycles. The van der Waals surface area contributed by atoms with Crippen molar-refractivity contribution in [2.75, 3.05) is 33.7 Å². The van der Waals surface area contributed by atoms with E-state index in [0.717, 1.165) is 16.8 Å². The zero-order valence-corrected chi connectivity index (χ0v) is 66.3. The topological polar surface area (TPSA) is 341 Å². The average Bonchev–Trinajstić information content (AvgIpc) is 0.854. The molecular formula is C93H69ClF3N15O11. The number of ether oxygens (including phenoxy) is 6. The molecule has 7 aromatic heterocycles. The number of nitriles is 1. The first kappa shape index (κ1) is 86.8. The number of amides is 5. The van der Waals surface area contributed by atoms with E-state index in [2.05, 4.69) is 83.4 Å². The molecule has 610 valence electrons. The zero-order valence-electron chi connectivity index (χ0n) is 65.5. The van der Waals surface area contributed by atoms with Crippen molar-refractivity contribution in [3.8, 4) is 81.8 Å². The highest BCUT2D eigenvalue weighted by atomic mass is 35.5. The van der Waals surface area contributed by atoms with Crippen LogP contribution in [0.1, 0.15) is 80.0 Å². The average molecular weight is 1670 g/mol. The van der Waals surface area contributed by atoms with Crippen LogP contribution < -0.4 is 55.0 Å². The number of methoxy groups -OCH3 is 1. The minimum Gasteiger partial charge on any atom is -0.481 e. The molecule has 30 heteroatoms. The minimum atomic E-state index is -0.566. The molecule has 7 heterocycles. The maximum atomic E-state index is 13.8. The summed E-state index contributed by atoms with van der Waals surface area (Å²) in [7, 11) is 1.45. The van der Waals surface area contributed by atoms with E-state index in [1.165, 1.54) is 112 Å². The van der Waals surface area contributed by atoms with Gasteiger partial charge in [0, 0.05) is 135 Å². The van der Waals surface area contributed by atoms with Gasteiger partial charge >= 0.3 is 0 Å². The van der Waals surface area contributed by atoms with Gasteiger partial charge in [-0.2, -0.15) is 5.26 Å². The fourth-order valence-corrected chi connectivity index (χ4v) is 11.0. The second-order valence-corrected chi connectivity index (χ2v) is 26.2. The fourth-order valence-electron chi connectivity index (χ4n) is 10.8. The molecule has 0 radical (unpaired) electrons. The Labute approximate surface area is 707 Å². The predicted octanol–water partition coefficient (Wildman–Crippen LogP) is 20.1. The van der Waals surface area contributed by atoms with Crippen LogP contribution in [0.4, 0.5) is 41.6 Å². The number of benzene rings is 8. The lowest BCUT2D eigenvalue weighted by Gasteiger charge is -2.10. The van der Waals surface area contributed by atoms with Crippen LogP contribution >= 0.6 is 11.6 Å². The van der Waals surface area contributed by atoms with Gasteiger partial charge in [-0.15, -0.1) is 6.42 Å². The Morgan fingerprint density at radius 3 is 1.13 bits per heavy atom. The second kappa shape index (κ2) is 43.8. The largest absolute Gasteiger partial charge is 0.481 e. The van der Waals surface area contributed by atoms with Gasteiger partial charge < -0.3 is 55.0 Å². The van der Waals surface area contributed by atoms with Crippen LogP contribution in [0.2, 0.25) is 5.02 Å². The van der Waals surface area contributed by atoms with Gasteiger partial charge in [-0.05, 0) is 160 Å². The number of pyridine rings is 5. The third-order valence-corrected chi connectivity index (χ3v) is 16.3. The van der Waals surface area contributed by atoms with Crippen LogP contribution in [0.15, 0.2) is 311 Å². The molecule has 0 spiro atoms. The monoisotopic (exact) mass is 1660 g/mol. The number of rotatable bonds is 21. The van der Waals surface area contributed by atoms with E-state index in [1.807, 2.05) is 45.0 Å². The lowest BCUT2D eigenvalue weighted by Crippen LogP contribution is -2.14. The summed E-state index contributed by atoms with van der Waals surface area (Å²) in [5.41, 5.74) is 7.42. The first-order valence-electron chi connectivity index (χ1n) is 36.7. The first-order valence-corrected chi connectivity index (χ1v) is 37.1. The number of terminal acetylenes is 1. The molecule has 15 rings (SSSR count). The molecule has 15 aromatic rings. The molecule has 0 aliphatic carbocycles. The fraction of sp³-hybridized carbons (Fsp3) is 0.0430. The van der Waals surface area contributed by atoms with E-state index in [1.54, 1.807) is 183 Å². The van der Waals surface area contributed by atoms with Crippen LogP contribution in [0.5, 0.6) is 63.4 Å². The molecular weight excluding hydrogens is 1600 g/mol. The van der Waals surface area contributed by atoms with Crippen LogP contribution in [-0.2, 0) is 0 Å². The Balaban J connectivity index is 0.000000150. The Morgan fingerprint density at radius 1 is 0.358 bits per heavy atom. The Hall–Kier alpha value is -17.1. The van der Waals surface area contributed by atoms with Gasteiger partial charge in [-0.25, -0.2) is 43.1 Å². The molecule has 123 heavy (non-hydrogen) atoms. The number of hydrogen-bond donors (Lipinski definition) is 5. The third-order valence-electron chi connectivity index (χ3n) is 16.1. The summed E-state index contributed by atoms with van der Waals surface area (Å²) in [6.07, 6.45) is 23.5. The standard InChI is InChI=1S/C20H13FN2O2.C19H15FN2O2.C19H14N4O2.C18H14ClN3O2.C17H13FN4O3/c1-2-14-5-3-6-15(9-14)20(24)23-17-10-16(21)11-19(12-17)25-18-7-4-8-22-13-18;1-13-4-2-5-14(8-13)19(23)22-16-9-15(20)10-18(11-16)24-17-6-3-7-21-12-17;1-13-3-2-4-15(5-13)19(24)23-16-6-14(9-20)7-17(8-16)25-18-10-21-12-22-11-18;1-12-4-2-6-17(21-12)18(23)22-14-8-13(19)9-16(10-14)24-15-5-3-7-20-11-15;1-24-16-4-2-3-15(22-16)17(23)21-12-5-11(18)6-13(7-12)25-14-8-19-10-20-9-14/h1,3-13H,(H,23,24);2-12H,1H3,(H,22,23);2-8,10-12H,1H3,(H,23,24);2-11H,1H3,(H,22,23);2-10H,1H3,(H,21,23). The summed E-state index contributed by atoms with van der Waals surface area (Å²) in [5, 5.41) is 23.1. The maximum Gasteiger partial charge on any atom is 0.274 e. The quantitative estimate of drug-likeness (QED) is 0.0417. The molecule has 5 N–H and O–H groups in total. The van der Waals surface area contributed by atoms with Crippen molar-refractivity contribution in [2.24, 2.45) is 0 Å². The van der Waals surface area contributed by atoms with Crippen molar-refractivity contribution in [3.05, 3.63) is 390 Å². The van der Waals surface area contributed by atoms with Gasteiger partial charge in [0.05, 0.1) is 62.1 Å². The lowest BCUT2D eigenvalue weighted by atomic mass is 10.1. The lowest BCUT2D eigenvalue weighted by molar-refractivity contribution is 0.101. The molecule has 0 unspecified atom stereocenters. The first-order chi connectivity index (χ1) is 59.6. The summed E-state index contributed by atoms with van der Waals surface area (Å²) in [4.78, 5) is 96.9. The van der Waals surface area contributed by atoms with Crippen molar-refractivity contribution >= 4 is 69.6 Å². The molecule has 0 saturated carbocycles. The summed E-state index contributed by atoms with van der Waals surface area (Å²) in [6, 6.07) is 65.2. The van der Waals surface area contributed by atoms with E-state index in [0.29, 0.717) is 102 Å². The molecule has 0 atom stereocenters. The Bertz CT molecular complexity index is 6140. The number of halogens is 4. The summed E-state index contributed by atoms with van der Waals surface area (Å²) in [6.45, 7) is 5.65. The second-order valence-electron chi connectivity index (χ2n) is 25.7. The van der Waals surface area contributed by atoms with Crippen LogP contribution in [0.25, 0.3) is 0 Å². The van der Waals surface area contributed by atoms with Crippen LogP contribution in [-0.4, -0.2) is 81.5 Å². The number of carbonyl (C=O) groups is 5.